The summed E-state index contributed by atoms with van der Waals surface area (Å²) < 4.78 is 28.3. The maximum Gasteiger partial charge on any atom is 0.332 e. The molecule has 7 heteroatoms. The molecule has 29 heavy (non-hydrogen) atoms. The maximum absolute atomic E-state index is 13.7. The number of nitrogens with one attached hydrogen (secondary N) is 1. The van der Waals surface area contributed by atoms with Crippen LogP contribution in [0.25, 0.3) is 0 Å². The van der Waals surface area contributed by atoms with Crippen LogP contribution in [0.2, 0.25) is 0 Å². The summed E-state index contributed by atoms with van der Waals surface area (Å²) in [5, 5.41) is 0. The van der Waals surface area contributed by atoms with E-state index in [-0.39, 0.29) is 18.7 Å². The molecule has 0 aliphatic heterocycles. The lowest BCUT2D eigenvalue weighted by molar-refractivity contribution is -0.159. The van der Waals surface area contributed by atoms with Gasteiger partial charge in [0.1, 0.15) is 0 Å². The molecule has 0 unspecified atom stereocenters. The number of rotatable bonds is 5. The summed E-state index contributed by atoms with van der Waals surface area (Å²) in [7, 11) is 0.305. The molecule has 3 rings (SSSR count). The number of hydrogen-bond acceptors (Lipinski definition) is 4. The van der Waals surface area contributed by atoms with Gasteiger partial charge >= 0.3 is 5.97 Å². The summed E-state index contributed by atoms with van der Waals surface area (Å²) in [4.78, 5) is 13.7. The minimum absolute atomic E-state index is 0.198. The van der Waals surface area contributed by atoms with Crippen molar-refractivity contribution in [3.05, 3.63) is 33.8 Å². The van der Waals surface area contributed by atoms with Crippen molar-refractivity contribution in [3.8, 4) is 0 Å². The number of carbonyl (C=O) groups excluding carboxylic acids is 1. The molecule has 1 saturated carbocycles. The molecule has 1 fully saturated rings. The summed E-state index contributed by atoms with van der Waals surface area (Å²) in [5.74, 6) is -0.328. The second-order valence-electron chi connectivity index (χ2n) is 9.15. The molecule has 1 aromatic rings. The van der Waals surface area contributed by atoms with Gasteiger partial charge in [-0.1, -0.05) is 22.0 Å². The van der Waals surface area contributed by atoms with E-state index in [9.17, 15) is 9.00 Å². The molecular formula is C22H32BrNO4S. The highest BCUT2D eigenvalue weighted by Crippen LogP contribution is 2.59. The Morgan fingerprint density at radius 1 is 1.31 bits per heavy atom. The fourth-order valence-corrected chi connectivity index (χ4v) is 6.18. The van der Waals surface area contributed by atoms with Crippen molar-refractivity contribution < 1.29 is 18.5 Å². The highest BCUT2D eigenvalue weighted by molar-refractivity contribution is 9.10. The first-order chi connectivity index (χ1) is 13.6. The maximum atomic E-state index is 13.7. The molecule has 0 bridgehead atoms. The molecule has 0 aromatic heterocycles. The van der Waals surface area contributed by atoms with Gasteiger partial charge in [-0.2, -0.15) is 0 Å². The van der Waals surface area contributed by atoms with E-state index in [2.05, 4.69) is 26.7 Å². The Bertz CT molecular complexity index is 798. The van der Waals surface area contributed by atoms with Gasteiger partial charge in [0.2, 0.25) is 0 Å². The van der Waals surface area contributed by atoms with E-state index in [4.69, 9.17) is 9.47 Å². The van der Waals surface area contributed by atoms with E-state index >= 15 is 0 Å². The van der Waals surface area contributed by atoms with E-state index in [0.717, 1.165) is 47.7 Å². The largest absolute Gasteiger partial charge is 0.464 e. The summed E-state index contributed by atoms with van der Waals surface area (Å²) in [6, 6.07) is 6.08. The van der Waals surface area contributed by atoms with Gasteiger partial charge in [-0.25, -0.2) is 13.7 Å². The number of halogens is 1. The number of esters is 1. The SMILES string of the molecule is CCOC(=O)[C@@]1(N[S@@](=O)C(C)(C)C)c2cc(Br)ccc2CC12CCC(OC)CC2. The average Bonchev–Trinajstić information content (AvgIpc) is 2.92. The number of benzene rings is 1. The van der Waals surface area contributed by atoms with E-state index in [1.54, 1.807) is 7.11 Å². The minimum Gasteiger partial charge on any atom is -0.464 e. The third-order valence-corrected chi connectivity index (χ3v) is 8.50. The summed E-state index contributed by atoms with van der Waals surface area (Å²) in [6.07, 6.45) is 4.33. The van der Waals surface area contributed by atoms with Gasteiger partial charge < -0.3 is 9.47 Å². The van der Waals surface area contributed by atoms with Crippen molar-refractivity contribution in [1.29, 1.82) is 0 Å². The van der Waals surface area contributed by atoms with Gasteiger partial charge in [-0.05, 0) is 83.1 Å². The number of hydrogen-bond donors (Lipinski definition) is 1. The first kappa shape index (κ1) is 22.9. The highest BCUT2D eigenvalue weighted by atomic mass is 79.9. The Balaban J connectivity index is 2.19. The predicted molar refractivity (Wildman–Crippen MR) is 119 cm³/mol. The monoisotopic (exact) mass is 485 g/mol. The van der Waals surface area contributed by atoms with Crippen LogP contribution in [0, 0.1) is 5.41 Å². The second-order valence-corrected chi connectivity index (χ2v) is 12.0. The zero-order valence-corrected chi connectivity index (χ0v) is 20.4. The Hall–Kier alpha value is -0.760. The molecule has 162 valence electrons. The standard InChI is InChI=1S/C22H32BrNO4S/c1-6-28-19(25)22(24-29(26)20(2,3)4)18-13-16(23)8-7-15(18)14-21(22)11-9-17(27-5)10-12-21/h7-8,13,17,24H,6,9-12,14H2,1-5H3/t17?,21?,22-,29-/m0/s1. The van der Waals surface area contributed by atoms with Gasteiger partial charge in [0.25, 0.3) is 0 Å². The topological polar surface area (TPSA) is 64.6 Å². The first-order valence-corrected chi connectivity index (χ1v) is 12.2. The Kier molecular flexibility index (Phi) is 6.64. The van der Waals surface area contributed by atoms with Crippen molar-refractivity contribution in [1.82, 2.24) is 4.72 Å². The zero-order valence-electron chi connectivity index (χ0n) is 18.0. The molecule has 0 saturated heterocycles. The molecule has 5 nitrogen and oxygen atoms in total. The van der Waals surface area contributed by atoms with Gasteiger partial charge in [-0.15, -0.1) is 0 Å². The van der Waals surface area contributed by atoms with Crippen LogP contribution in [-0.2, 0) is 37.2 Å². The molecular weight excluding hydrogens is 454 g/mol. The molecule has 2 aliphatic carbocycles. The lowest BCUT2D eigenvalue weighted by Crippen LogP contribution is -2.62. The lowest BCUT2D eigenvalue weighted by Gasteiger charge is -2.48. The highest BCUT2D eigenvalue weighted by Gasteiger charge is 2.64. The van der Waals surface area contributed by atoms with Gasteiger partial charge in [0.15, 0.2) is 5.54 Å². The average molecular weight is 486 g/mol. The molecule has 0 heterocycles. The van der Waals surface area contributed by atoms with Gasteiger partial charge in [0, 0.05) is 17.0 Å². The Labute approximate surface area is 185 Å². The van der Waals surface area contributed by atoms with E-state index in [1.165, 1.54) is 0 Å². The van der Waals surface area contributed by atoms with Crippen molar-refractivity contribution >= 4 is 32.9 Å². The van der Waals surface area contributed by atoms with Crippen LogP contribution >= 0.6 is 15.9 Å². The third-order valence-electron chi connectivity index (χ3n) is 6.41. The van der Waals surface area contributed by atoms with Crippen LogP contribution < -0.4 is 4.72 Å². The van der Waals surface area contributed by atoms with Crippen molar-refractivity contribution in [2.45, 2.75) is 76.2 Å². The van der Waals surface area contributed by atoms with Gasteiger partial charge in [-0.3, -0.25) is 0 Å². The summed E-state index contributed by atoms with van der Waals surface area (Å²) >= 11 is 3.57. The van der Waals surface area contributed by atoms with Crippen LogP contribution in [0.5, 0.6) is 0 Å². The Morgan fingerprint density at radius 2 is 1.97 bits per heavy atom. The first-order valence-electron chi connectivity index (χ1n) is 10.3. The van der Waals surface area contributed by atoms with Crippen LogP contribution in [0.1, 0.15) is 64.5 Å². The van der Waals surface area contributed by atoms with E-state index in [1.807, 2.05) is 39.8 Å². The lowest BCUT2D eigenvalue weighted by atomic mass is 9.61. The summed E-state index contributed by atoms with van der Waals surface area (Å²) in [6.45, 7) is 7.85. The minimum atomic E-state index is -1.44. The van der Waals surface area contributed by atoms with Gasteiger partial charge in [0.05, 0.1) is 28.4 Å². The molecule has 1 aromatic carbocycles. The normalized spacial score (nSPS) is 30.2. The third kappa shape index (κ3) is 3.95. The van der Waals surface area contributed by atoms with Crippen LogP contribution in [-0.4, -0.2) is 34.7 Å². The molecule has 0 amide bonds. The fourth-order valence-electron chi connectivity index (χ4n) is 4.83. The van der Waals surface area contributed by atoms with Crippen molar-refractivity contribution in [2.24, 2.45) is 5.41 Å². The molecule has 0 radical (unpaired) electrons. The Morgan fingerprint density at radius 3 is 2.52 bits per heavy atom. The molecule has 1 spiro atoms. The van der Waals surface area contributed by atoms with Crippen LogP contribution in [0.4, 0.5) is 0 Å². The molecule has 2 aliphatic rings. The van der Waals surface area contributed by atoms with E-state index < -0.39 is 26.7 Å². The summed E-state index contributed by atoms with van der Waals surface area (Å²) in [5.41, 5.74) is 0.478. The quantitative estimate of drug-likeness (QED) is 0.627. The van der Waals surface area contributed by atoms with Crippen LogP contribution in [0.3, 0.4) is 0 Å². The number of carbonyl (C=O) groups is 1. The smallest absolute Gasteiger partial charge is 0.332 e. The van der Waals surface area contributed by atoms with Crippen molar-refractivity contribution in [3.63, 3.8) is 0 Å². The van der Waals surface area contributed by atoms with E-state index in [0.29, 0.717) is 0 Å². The number of ether oxygens (including phenoxy) is 2. The van der Waals surface area contributed by atoms with Crippen LogP contribution in [0.15, 0.2) is 22.7 Å². The predicted octanol–water partition coefficient (Wildman–Crippen LogP) is 4.39. The second kappa shape index (κ2) is 8.40. The zero-order chi connectivity index (χ0) is 21.4. The number of fused-ring (bicyclic) bond motifs is 1. The fraction of sp³-hybridized carbons (Fsp3) is 0.682. The molecule has 2 atom stereocenters. The number of methoxy groups -OCH3 is 1. The van der Waals surface area contributed by atoms with Crippen molar-refractivity contribution in [2.75, 3.05) is 13.7 Å². The molecule has 1 N–H and O–H groups in total.